The van der Waals surface area contributed by atoms with E-state index >= 15 is 0 Å². The van der Waals surface area contributed by atoms with Gasteiger partial charge in [-0.05, 0) is 26.0 Å². The molecular weight excluding hydrogens is 162 g/mol. The van der Waals surface area contributed by atoms with Gasteiger partial charge in [-0.1, -0.05) is 0 Å². The molecule has 0 amide bonds. The largest absolute Gasteiger partial charge is 0.387 e. The molecule has 2 rings (SSSR count). The minimum absolute atomic E-state index is 1.03. The first kappa shape index (κ1) is 8.10. The van der Waals surface area contributed by atoms with Gasteiger partial charge in [0.2, 0.25) is 0 Å². The standard InChI is InChI=1S/C10H13N3/c1-7-10-5-4-9(11-3)6-13(10)8(2)12-7/h4-6,11H,1-3H3. The van der Waals surface area contributed by atoms with Crippen LogP contribution in [0.2, 0.25) is 0 Å². The molecule has 0 radical (unpaired) electrons. The van der Waals surface area contributed by atoms with Gasteiger partial charge in [0.05, 0.1) is 16.9 Å². The topological polar surface area (TPSA) is 29.3 Å². The zero-order valence-corrected chi connectivity index (χ0v) is 8.13. The van der Waals surface area contributed by atoms with Gasteiger partial charge in [-0.3, -0.25) is 0 Å². The number of nitrogens with zero attached hydrogens (tertiary/aromatic N) is 2. The molecule has 2 aromatic heterocycles. The zero-order valence-electron chi connectivity index (χ0n) is 8.13. The van der Waals surface area contributed by atoms with Gasteiger partial charge in [0.15, 0.2) is 0 Å². The van der Waals surface area contributed by atoms with Crippen LogP contribution in [0.25, 0.3) is 5.52 Å². The molecule has 13 heavy (non-hydrogen) atoms. The van der Waals surface area contributed by atoms with E-state index in [-0.39, 0.29) is 0 Å². The molecule has 0 atom stereocenters. The quantitative estimate of drug-likeness (QED) is 0.718. The van der Waals surface area contributed by atoms with Crippen molar-refractivity contribution in [3.63, 3.8) is 0 Å². The van der Waals surface area contributed by atoms with Crippen molar-refractivity contribution < 1.29 is 0 Å². The van der Waals surface area contributed by atoms with Gasteiger partial charge in [0.25, 0.3) is 0 Å². The summed E-state index contributed by atoms with van der Waals surface area (Å²) in [6, 6.07) is 4.14. The molecule has 0 unspecified atom stereocenters. The maximum Gasteiger partial charge on any atom is 0.110 e. The van der Waals surface area contributed by atoms with Crippen molar-refractivity contribution in [1.29, 1.82) is 0 Å². The molecule has 0 fully saturated rings. The first-order valence-electron chi connectivity index (χ1n) is 4.35. The molecule has 0 aromatic carbocycles. The molecule has 1 N–H and O–H groups in total. The van der Waals surface area contributed by atoms with Crippen LogP contribution in [0.15, 0.2) is 18.3 Å². The lowest BCUT2D eigenvalue weighted by molar-refractivity contribution is 1.04. The van der Waals surface area contributed by atoms with E-state index in [4.69, 9.17) is 0 Å². The number of aryl methyl sites for hydroxylation is 2. The first-order valence-corrected chi connectivity index (χ1v) is 4.35. The molecule has 2 heterocycles. The van der Waals surface area contributed by atoms with Crippen LogP contribution in [-0.2, 0) is 0 Å². The average Bonchev–Trinajstić information content (AvgIpc) is 2.42. The summed E-state index contributed by atoms with van der Waals surface area (Å²) in [4.78, 5) is 4.40. The van der Waals surface area contributed by atoms with E-state index in [0.717, 1.165) is 17.2 Å². The Morgan fingerprint density at radius 1 is 1.31 bits per heavy atom. The highest BCUT2D eigenvalue weighted by molar-refractivity contribution is 5.57. The van der Waals surface area contributed by atoms with E-state index in [1.807, 2.05) is 20.9 Å². The molecule has 0 aliphatic heterocycles. The number of hydrogen-bond acceptors (Lipinski definition) is 2. The van der Waals surface area contributed by atoms with Crippen LogP contribution < -0.4 is 5.32 Å². The number of anilines is 1. The van der Waals surface area contributed by atoms with Crippen LogP contribution in [-0.4, -0.2) is 16.4 Å². The second-order valence-electron chi connectivity index (χ2n) is 3.17. The van der Waals surface area contributed by atoms with Gasteiger partial charge < -0.3 is 9.72 Å². The Bertz CT molecular complexity index is 443. The number of nitrogens with one attached hydrogen (secondary N) is 1. The van der Waals surface area contributed by atoms with Crippen molar-refractivity contribution in [2.24, 2.45) is 0 Å². The fourth-order valence-corrected chi connectivity index (χ4v) is 1.57. The Balaban J connectivity index is 2.76. The second kappa shape index (κ2) is 2.76. The molecule has 0 aliphatic carbocycles. The van der Waals surface area contributed by atoms with Crippen LogP contribution in [0.1, 0.15) is 11.5 Å². The molecule has 3 heteroatoms. The molecule has 2 aromatic rings. The van der Waals surface area contributed by atoms with Gasteiger partial charge in [0, 0.05) is 13.2 Å². The Morgan fingerprint density at radius 3 is 2.77 bits per heavy atom. The van der Waals surface area contributed by atoms with Crippen molar-refractivity contribution in [3.8, 4) is 0 Å². The van der Waals surface area contributed by atoms with Gasteiger partial charge in [-0.25, -0.2) is 4.98 Å². The van der Waals surface area contributed by atoms with Crippen molar-refractivity contribution in [2.75, 3.05) is 12.4 Å². The minimum Gasteiger partial charge on any atom is -0.387 e. The third kappa shape index (κ3) is 1.16. The predicted octanol–water partition coefficient (Wildman–Crippen LogP) is 1.99. The molecular formula is C10H13N3. The van der Waals surface area contributed by atoms with E-state index in [0.29, 0.717) is 0 Å². The van der Waals surface area contributed by atoms with E-state index in [2.05, 4.69) is 33.0 Å². The average molecular weight is 175 g/mol. The van der Waals surface area contributed by atoms with Gasteiger partial charge >= 0.3 is 0 Å². The number of imidazole rings is 1. The molecule has 0 aliphatic rings. The van der Waals surface area contributed by atoms with Crippen molar-refractivity contribution in [3.05, 3.63) is 29.8 Å². The van der Waals surface area contributed by atoms with Crippen molar-refractivity contribution >= 4 is 11.2 Å². The number of aromatic nitrogens is 2. The second-order valence-corrected chi connectivity index (χ2v) is 3.17. The summed E-state index contributed by atoms with van der Waals surface area (Å²) in [6.07, 6.45) is 2.06. The Morgan fingerprint density at radius 2 is 2.08 bits per heavy atom. The number of hydrogen-bond donors (Lipinski definition) is 1. The lowest BCUT2D eigenvalue weighted by atomic mass is 10.3. The highest BCUT2D eigenvalue weighted by Crippen LogP contribution is 2.15. The Hall–Kier alpha value is -1.51. The monoisotopic (exact) mass is 175 g/mol. The molecule has 0 saturated carbocycles. The summed E-state index contributed by atoms with van der Waals surface area (Å²) < 4.78 is 2.10. The highest BCUT2D eigenvalue weighted by atomic mass is 15.0. The Kier molecular flexibility index (Phi) is 1.72. The maximum absolute atomic E-state index is 4.40. The van der Waals surface area contributed by atoms with Gasteiger partial charge in [-0.15, -0.1) is 0 Å². The van der Waals surface area contributed by atoms with Gasteiger partial charge in [-0.2, -0.15) is 0 Å². The molecule has 0 bridgehead atoms. The van der Waals surface area contributed by atoms with Crippen LogP contribution in [0, 0.1) is 13.8 Å². The lowest BCUT2D eigenvalue weighted by Gasteiger charge is -2.01. The van der Waals surface area contributed by atoms with E-state index in [1.54, 1.807) is 0 Å². The van der Waals surface area contributed by atoms with E-state index in [1.165, 1.54) is 5.52 Å². The summed E-state index contributed by atoms with van der Waals surface area (Å²) in [5.41, 5.74) is 3.37. The minimum atomic E-state index is 1.03. The van der Waals surface area contributed by atoms with Crippen LogP contribution >= 0.6 is 0 Å². The summed E-state index contributed by atoms with van der Waals surface area (Å²) in [5.74, 6) is 1.03. The predicted molar refractivity (Wildman–Crippen MR) is 54.2 cm³/mol. The molecule has 3 nitrogen and oxygen atoms in total. The summed E-state index contributed by atoms with van der Waals surface area (Å²) in [5, 5.41) is 3.11. The molecule has 68 valence electrons. The van der Waals surface area contributed by atoms with Crippen molar-refractivity contribution in [2.45, 2.75) is 13.8 Å². The smallest absolute Gasteiger partial charge is 0.110 e. The Labute approximate surface area is 77.4 Å². The third-order valence-electron chi connectivity index (χ3n) is 2.29. The van der Waals surface area contributed by atoms with E-state index < -0.39 is 0 Å². The molecule has 0 saturated heterocycles. The highest BCUT2D eigenvalue weighted by Gasteiger charge is 2.03. The van der Waals surface area contributed by atoms with Crippen LogP contribution in [0.4, 0.5) is 5.69 Å². The molecule has 0 spiro atoms. The fourth-order valence-electron chi connectivity index (χ4n) is 1.57. The number of rotatable bonds is 1. The normalized spacial score (nSPS) is 10.7. The van der Waals surface area contributed by atoms with Gasteiger partial charge in [0.1, 0.15) is 5.82 Å². The number of pyridine rings is 1. The third-order valence-corrected chi connectivity index (χ3v) is 2.29. The maximum atomic E-state index is 4.40. The number of fused-ring (bicyclic) bond motifs is 1. The first-order chi connectivity index (χ1) is 6.22. The van der Waals surface area contributed by atoms with Crippen LogP contribution in [0.3, 0.4) is 0 Å². The fraction of sp³-hybridized carbons (Fsp3) is 0.300. The summed E-state index contributed by atoms with van der Waals surface area (Å²) in [7, 11) is 1.92. The SMILES string of the molecule is CNc1ccc2c(C)nc(C)n2c1. The zero-order chi connectivity index (χ0) is 9.42. The lowest BCUT2D eigenvalue weighted by Crippen LogP contribution is -1.92. The van der Waals surface area contributed by atoms with Crippen molar-refractivity contribution in [1.82, 2.24) is 9.38 Å². The summed E-state index contributed by atoms with van der Waals surface area (Å²) in [6.45, 7) is 4.04. The summed E-state index contributed by atoms with van der Waals surface area (Å²) >= 11 is 0. The van der Waals surface area contributed by atoms with E-state index in [9.17, 15) is 0 Å². The van der Waals surface area contributed by atoms with Crippen LogP contribution in [0.5, 0.6) is 0 Å².